The zero-order valence-electron chi connectivity index (χ0n) is 11.5. The number of nitrogens with zero attached hydrogens (tertiary/aromatic N) is 1. The maximum Gasteiger partial charge on any atom is 0.255 e. The third kappa shape index (κ3) is 3.33. The minimum atomic E-state index is -0.217. The monoisotopic (exact) mass is 271 g/mol. The Morgan fingerprint density at radius 1 is 1.35 bits per heavy atom. The number of carbonyl (C=O) groups is 1. The number of para-hydroxylation sites is 1. The number of amides is 1. The molecule has 2 aromatic rings. The first-order chi connectivity index (χ1) is 9.60. The smallest absolute Gasteiger partial charge is 0.255 e. The van der Waals surface area contributed by atoms with Gasteiger partial charge in [0.1, 0.15) is 5.82 Å². The van der Waals surface area contributed by atoms with Crippen molar-refractivity contribution in [2.45, 2.75) is 13.5 Å². The molecule has 2 rings (SSSR count). The van der Waals surface area contributed by atoms with E-state index in [4.69, 9.17) is 10.5 Å². The molecule has 0 unspecified atom stereocenters. The number of rotatable bonds is 4. The van der Waals surface area contributed by atoms with Gasteiger partial charge in [-0.3, -0.25) is 4.79 Å². The summed E-state index contributed by atoms with van der Waals surface area (Å²) in [4.78, 5) is 16.3. The normalized spacial score (nSPS) is 10.3. The van der Waals surface area contributed by atoms with Crippen LogP contribution in [0.2, 0.25) is 0 Å². The molecule has 5 nitrogen and oxygen atoms in total. The number of aryl methyl sites for hydroxylation is 1. The first kappa shape index (κ1) is 14.0. The van der Waals surface area contributed by atoms with E-state index in [9.17, 15) is 4.79 Å². The molecule has 0 bridgehead atoms. The van der Waals surface area contributed by atoms with Gasteiger partial charge in [0.15, 0.2) is 0 Å². The minimum absolute atomic E-state index is 0.217. The Kier molecular flexibility index (Phi) is 4.32. The first-order valence-corrected chi connectivity index (χ1v) is 6.22. The van der Waals surface area contributed by atoms with E-state index in [0.29, 0.717) is 23.7 Å². The third-order valence-electron chi connectivity index (χ3n) is 2.80. The molecule has 0 saturated carbocycles. The minimum Gasteiger partial charge on any atom is -0.384 e. The lowest BCUT2D eigenvalue weighted by molar-refractivity contribution is 0.102. The van der Waals surface area contributed by atoms with E-state index in [1.165, 1.54) is 0 Å². The van der Waals surface area contributed by atoms with Gasteiger partial charge in [-0.15, -0.1) is 0 Å². The molecule has 1 aromatic carbocycles. The van der Waals surface area contributed by atoms with Gasteiger partial charge in [0.2, 0.25) is 0 Å². The molecular weight excluding hydrogens is 254 g/mol. The largest absolute Gasteiger partial charge is 0.384 e. The topological polar surface area (TPSA) is 77.2 Å². The van der Waals surface area contributed by atoms with Gasteiger partial charge in [0.25, 0.3) is 5.91 Å². The van der Waals surface area contributed by atoms with E-state index >= 15 is 0 Å². The summed E-state index contributed by atoms with van der Waals surface area (Å²) in [5, 5.41) is 2.86. The average molecular weight is 271 g/mol. The van der Waals surface area contributed by atoms with Crippen molar-refractivity contribution in [2.24, 2.45) is 0 Å². The fourth-order valence-corrected chi connectivity index (χ4v) is 1.94. The van der Waals surface area contributed by atoms with Crippen LogP contribution in [0.4, 0.5) is 11.5 Å². The summed E-state index contributed by atoms with van der Waals surface area (Å²) >= 11 is 0. The second kappa shape index (κ2) is 6.16. The number of nitrogen functional groups attached to an aromatic ring is 1. The summed E-state index contributed by atoms with van der Waals surface area (Å²) in [6.07, 6.45) is 0. The highest BCUT2D eigenvalue weighted by molar-refractivity contribution is 6.05. The second-order valence-corrected chi connectivity index (χ2v) is 4.47. The highest BCUT2D eigenvalue weighted by Gasteiger charge is 2.10. The van der Waals surface area contributed by atoms with Crippen molar-refractivity contribution in [3.05, 3.63) is 53.2 Å². The summed E-state index contributed by atoms with van der Waals surface area (Å²) < 4.78 is 5.11. The van der Waals surface area contributed by atoms with E-state index in [1.807, 2.05) is 24.3 Å². The van der Waals surface area contributed by atoms with Crippen molar-refractivity contribution in [3.63, 3.8) is 0 Å². The molecule has 0 atom stereocenters. The molecule has 0 aliphatic carbocycles. The van der Waals surface area contributed by atoms with Gasteiger partial charge >= 0.3 is 0 Å². The van der Waals surface area contributed by atoms with Crippen LogP contribution in [0.5, 0.6) is 0 Å². The number of pyridine rings is 1. The molecule has 0 aliphatic heterocycles. The Morgan fingerprint density at radius 2 is 2.10 bits per heavy atom. The van der Waals surface area contributed by atoms with Crippen LogP contribution in [0.25, 0.3) is 0 Å². The summed E-state index contributed by atoms with van der Waals surface area (Å²) in [7, 11) is 1.62. The quantitative estimate of drug-likeness (QED) is 0.895. The molecule has 0 fully saturated rings. The summed E-state index contributed by atoms with van der Waals surface area (Å²) in [6.45, 7) is 2.24. The van der Waals surface area contributed by atoms with Crippen molar-refractivity contribution in [2.75, 3.05) is 18.2 Å². The predicted molar refractivity (Wildman–Crippen MR) is 78.5 cm³/mol. The van der Waals surface area contributed by atoms with Gasteiger partial charge in [-0.2, -0.15) is 0 Å². The Morgan fingerprint density at radius 3 is 2.80 bits per heavy atom. The van der Waals surface area contributed by atoms with Crippen LogP contribution in [-0.2, 0) is 11.3 Å². The van der Waals surface area contributed by atoms with E-state index in [1.54, 1.807) is 26.2 Å². The number of nitrogens with one attached hydrogen (secondary N) is 1. The molecule has 104 valence electrons. The second-order valence-electron chi connectivity index (χ2n) is 4.47. The van der Waals surface area contributed by atoms with E-state index in [0.717, 1.165) is 11.3 Å². The van der Waals surface area contributed by atoms with Gasteiger partial charge in [-0.05, 0) is 25.1 Å². The standard InChI is InChI=1S/C15H17N3O2/c1-10-7-12(8-14(16)17-10)15(19)18-13-6-4-3-5-11(13)9-20-2/h3-8H,9H2,1-2H3,(H2,16,17)(H,18,19). The Labute approximate surface area is 117 Å². The molecule has 1 amide bonds. The third-order valence-corrected chi connectivity index (χ3v) is 2.80. The van der Waals surface area contributed by atoms with Crippen LogP contribution < -0.4 is 11.1 Å². The molecule has 3 N–H and O–H groups in total. The molecule has 1 aromatic heterocycles. The summed E-state index contributed by atoms with van der Waals surface area (Å²) in [5.41, 5.74) is 8.50. The Balaban J connectivity index is 2.23. The van der Waals surface area contributed by atoms with E-state index in [2.05, 4.69) is 10.3 Å². The number of nitrogens with two attached hydrogens (primary N) is 1. The maximum absolute atomic E-state index is 12.2. The molecule has 1 heterocycles. The van der Waals surface area contributed by atoms with Crippen LogP contribution in [0.3, 0.4) is 0 Å². The summed E-state index contributed by atoms with van der Waals surface area (Å²) in [6, 6.07) is 10.8. The van der Waals surface area contributed by atoms with Gasteiger partial charge < -0.3 is 15.8 Å². The number of hydrogen-bond acceptors (Lipinski definition) is 4. The molecule has 0 saturated heterocycles. The van der Waals surface area contributed by atoms with Gasteiger partial charge in [0, 0.05) is 29.6 Å². The van der Waals surface area contributed by atoms with E-state index < -0.39 is 0 Å². The van der Waals surface area contributed by atoms with Crippen LogP contribution in [0.15, 0.2) is 36.4 Å². The van der Waals surface area contributed by atoms with Crippen molar-refractivity contribution in [1.29, 1.82) is 0 Å². The molecule has 5 heteroatoms. The van der Waals surface area contributed by atoms with Crippen molar-refractivity contribution in [1.82, 2.24) is 4.98 Å². The number of ether oxygens (including phenoxy) is 1. The fraction of sp³-hybridized carbons (Fsp3) is 0.200. The summed E-state index contributed by atoms with van der Waals surface area (Å²) in [5.74, 6) is 0.117. The Hall–Kier alpha value is -2.40. The number of benzene rings is 1. The van der Waals surface area contributed by atoms with Gasteiger partial charge in [-0.25, -0.2) is 4.98 Å². The van der Waals surface area contributed by atoms with Crippen LogP contribution in [0, 0.1) is 6.92 Å². The average Bonchev–Trinajstić information content (AvgIpc) is 2.40. The predicted octanol–water partition coefficient (Wildman–Crippen LogP) is 2.37. The van der Waals surface area contributed by atoms with Gasteiger partial charge in [0.05, 0.1) is 6.61 Å². The van der Waals surface area contributed by atoms with Crippen molar-refractivity contribution >= 4 is 17.4 Å². The zero-order chi connectivity index (χ0) is 14.5. The Bertz CT molecular complexity index is 606. The first-order valence-electron chi connectivity index (χ1n) is 6.22. The number of aromatic nitrogens is 1. The highest BCUT2D eigenvalue weighted by Crippen LogP contribution is 2.17. The molecule has 20 heavy (non-hydrogen) atoms. The maximum atomic E-state index is 12.2. The lowest BCUT2D eigenvalue weighted by Gasteiger charge is -2.11. The fourth-order valence-electron chi connectivity index (χ4n) is 1.94. The number of methoxy groups -OCH3 is 1. The number of hydrogen-bond donors (Lipinski definition) is 2. The highest BCUT2D eigenvalue weighted by atomic mass is 16.5. The number of anilines is 2. The molecule has 0 spiro atoms. The molecular formula is C15H17N3O2. The number of carbonyl (C=O) groups excluding carboxylic acids is 1. The molecule has 0 radical (unpaired) electrons. The SMILES string of the molecule is COCc1ccccc1NC(=O)c1cc(C)nc(N)c1. The van der Waals surface area contributed by atoms with Crippen molar-refractivity contribution < 1.29 is 9.53 Å². The van der Waals surface area contributed by atoms with Crippen LogP contribution in [0.1, 0.15) is 21.6 Å². The van der Waals surface area contributed by atoms with E-state index in [-0.39, 0.29) is 5.91 Å². The van der Waals surface area contributed by atoms with Gasteiger partial charge in [-0.1, -0.05) is 18.2 Å². The van der Waals surface area contributed by atoms with Crippen molar-refractivity contribution in [3.8, 4) is 0 Å². The lowest BCUT2D eigenvalue weighted by Crippen LogP contribution is -2.14. The lowest BCUT2D eigenvalue weighted by atomic mass is 10.1. The van der Waals surface area contributed by atoms with Crippen LogP contribution in [-0.4, -0.2) is 18.0 Å². The zero-order valence-corrected chi connectivity index (χ0v) is 11.5. The van der Waals surface area contributed by atoms with Crippen LogP contribution >= 0.6 is 0 Å². The molecule has 0 aliphatic rings.